The lowest BCUT2D eigenvalue weighted by atomic mass is 10.3. The van der Waals surface area contributed by atoms with Crippen molar-refractivity contribution in [1.82, 2.24) is 9.97 Å². The third-order valence-electron chi connectivity index (χ3n) is 2.41. The number of anilines is 3. The van der Waals surface area contributed by atoms with Crippen molar-refractivity contribution in [2.45, 2.75) is 0 Å². The number of benzene rings is 1. The summed E-state index contributed by atoms with van der Waals surface area (Å²) in [6, 6.07) is 7.15. The second-order valence-corrected chi connectivity index (χ2v) is 3.84. The van der Waals surface area contributed by atoms with Crippen LogP contribution in [0.15, 0.2) is 35.4 Å². The second kappa shape index (κ2) is 5.76. The monoisotopic (exact) mass is 261 g/mol. The van der Waals surface area contributed by atoms with E-state index in [1.54, 1.807) is 12.1 Å². The van der Waals surface area contributed by atoms with E-state index >= 15 is 0 Å². The van der Waals surface area contributed by atoms with Gasteiger partial charge in [0.15, 0.2) is 5.82 Å². The Morgan fingerprint density at radius 2 is 2.21 bits per heavy atom. The topological polar surface area (TPSA) is 119 Å². The van der Waals surface area contributed by atoms with Gasteiger partial charge in [-0.3, -0.25) is 4.79 Å². The van der Waals surface area contributed by atoms with E-state index in [-0.39, 0.29) is 11.2 Å². The Hall–Kier alpha value is -2.70. The molecule has 0 amide bonds. The van der Waals surface area contributed by atoms with Gasteiger partial charge in [0, 0.05) is 11.8 Å². The normalized spacial score (nSPS) is 10.1. The minimum atomic E-state index is -0.366. The highest BCUT2D eigenvalue weighted by atomic mass is 16.5. The van der Waals surface area contributed by atoms with Crippen molar-refractivity contribution < 1.29 is 4.74 Å². The number of hydrogen-bond donors (Lipinski definition) is 4. The molecule has 19 heavy (non-hydrogen) atoms. The first-order chi connectivity index (χ1) is 9.16. The zero-order valence-electron chi connectivity index (χ0n) is 10.2. The molecule has 1 aromatic carbocycles. The summed E-state index contributed by atoms with van der Waals surface area (Å²) in [7, 11) is 0. The minimum Gasteiger partial charge on any atom is -0.492 e. The number of nitrogens with zero attached hydrogens (tertiary/aromatic N) is 1. The fraction of sp³-hybridized carbons (Fsp3) is 0.167. The number of aromatic nitrogens is 2. The highest BCUT2D eigenvalue weighted by Crippen LogP contribution is 2.14. The second-order valence-electron chi connectivity index (χ2n) is 3.84. The zero-order chi connectivity index (χ0) is 13.7. The molecule has 2 aromatic rings. The number of hydrogen-bond acceptors (Lipinski definition) is 6. The van der Waals surface area contributed by atoms with Crippen LogP contribution in [0.1, 0.15) is 0 Å². The lowest BCUT2D eigenvalue weighted by Gasteiger charge is -2.09. The first-order valence-corrected chi connectivity index (χ1v) is 5.72. The quantitative estimate of drug-likeness (QED) is 0.457. The number of nitrogen functional groups attached to an aromatic ring is 2. The number of rotatable bonds is 5. The third-order valence-corrected chi connectivity index (χ3v) is 2.41. The van der Waals surface area contributed by atoms with Crippen LogP contribution in [-0.2, 0) is 0 Å². The van der Waals surface area contributed by atoms with E-state index in [1.807, 2.05) is 12.1 Å². The number of aromatic amines is 1. The maximum Gasteiger partial charge on any atom is 0.276 e. The molecule has 1 aromatic heterocycles. The number of nitrogens with two attached hydrogens (primary N) is 2. The smallest absolute Gasteiger partial charge is 0.276 e. The van der Waals surface area contributed by atoms with Crippen LogP contribution in [0.25, 0.3) is 0 Å². The molecule has 0 saturated carbocycles. The third kappa shape index (κ3) is 3.38. The van der Waals surface area contributed by atoms with Crippen LogP contribution in [0, 0.1) is 0 Å². The van der Waals surface area contributed by atoms with Crippen LogP contribution in [0.2, 0.25) is 0 Å². The van der Waals surface area contributed by atoms with Crippen molar-refractivity contribution in [3.05, 3.63) is 40.9 Å². The number of nitrogens with one attached hydrogen (secondary N) is 2. The molecular formula is C12H15N5O2. The molecule has 1 heterocycles. The Balaban J connectivity index is 1.84. The van der Waals surface area contributed by atoms with Crippen molar-refractivity contribution in [2.75, 3.05) is 29.9 Å². The van der Waals surface area contributed by atoms with E-state index in [4.69, 9.17) is 16.2 Å². The van der Waals surface area contributed by atoms with Crippen LogP contribution >= 0.6 is 0 Å². The molecule has 0 fully saturated rings. The van der Waals surface area contributed by atoms with Gasteiger partial charge in [-0.05, 0) is 12.1 Å². The van der Waals surface area contributed by atoms with E-state index in [0.717, 1.165) is 0 Å². The molecule has 0 saturated heterocycles. The van der Waals surface area contributed by atoms with Gasteiger partial charge in [0.1, 0.15) is 18.0 Å². The maximum absolute atomic E-state index is 11.2. The molecular weight excluding hydrogens is 246 g/mol. The Kier molecular flexibility index (Phi) is 3.87. The zero-order valence-corrected chi connectivity index (χ0v) is 10.2. The molecule has 6 N–H and O–H groups in total. The van der Waals surface area contributed by atoms with Gasteiger partial charge in [0.2, 0.25) is 0 Å². The summed E-state index contributed by atoms with van der Waals surface area (Å²) in [5, 5.41) is 2.93. The van der Waals surface area contributed by atoms with Gasteiger partial charge in [-0.25, -0.2) is 4.98 Å². The first-order valence-electron chi connectivity index (χ1n) is 5.72. The standard InChI is InChI=1S/C12H15N5O2/c13-8-2-1-3-9(6-8)19-5-4-15-11-10(14)12(18)17-7-16-11/h1-3,6-7H,4-5,13-14H2,(H2,15,16,17,18). The average Bonchev–Trinajstić information content (AvgIpc) is 2.39. The fourth-order valence-corrected chi connectivity index (χ4v) is 1.49. The van der Waals surface area contributed by atoms with Crippen LogP contribution in [0.3, 0.4) is 0 Å². The summed E-state index contributed by atoms with van der Waals surface area (Å²) >= 11 is 0. The van der Waals surface area contributed by atoms with Crippen molar-refractivity contribution in [3.63, 3.8) is 0 Å². The maximum atomic E-state index is 11.2. The van der Waals surface area contributed by atoms with E-state index < -0.39 is 0 Å². The Morgan fingerprint density at radius 3 is 3.00 bits per heavy atom. The van der Waals surface area contributed by atoms with Gasteiger partial charge in [-0.15, -0.1) is 0 Å². The number of ether oxygens (including phenoxy) is 1. The highest BCUT2D eigenvalue weighted by Gasteiger charge is 2.03. The Bertz CT molecular complexity index is 611. The lowest BCUT2D eigenvalue weighted by molar-refractivity contribution is 0.333. The predicted octanol–water partition coefficient (Wildman–Crippen LogP) is 0.425. The Labute approximate surface area is 109 Å². The summed E-state index contributed by atoms with van der Waals surface area (Å²) < 4.78 is 5.48. The Morgan fingerprint density at radius 1 is 1.37 bits per heavy atom. The lowest BCUT2D eigenvalue weighted by Crippen LogP contribution is -2.19. The van der Waals surface area contributed by atoms with Gasteiger partial charge in [-0.1, -0.05) is 6.07 Å². The van der Waals surface area contributed by atoms with Crippen molar-refractivity contribution >= 4 is 17.2 Å². The van der Waals surface area contributed by atoms with Gasteiger partial charge in [0.05, 0.1) is 12.9 Å². The summed E-state index contributed by atoms with van der Waals surface area (Å²) in [6.45, 7) is 0.868. The molecule has 0 unspecified atom stereocenters. The molecule has 0 bridgehead atoms. The molecule has 100 valence electrons. The molecule has 0 radical (unpaired) electrons. The van der Waals surface area contributed by atoms with Crippen molar-refractivity contribution in [2.24, 2.45) is 0 Å². The van der Waals surface area contributed by atoms with Gasteiger partial charge in [-0.2, -0.15) is 0 Å². The van der Waals surface area contributed by atoms with Crippen LogP contribution in [0.5, 0.6) is 5.75 Å². The number of H-pyrrole nitrogens is 1. The summed E-state index contributed by atoms with van der Waals surface area (Å²) in [4.78, 5) is 17.5. The summed E-state index contributed by atoms with van der Waals surface area (Å²) in [6.07, 6.45) is 1.29. The predicted molar refractivity (Wildman–Crippen MR) is 74.1 cm³/mol. The summed E-state index contributed by atoms with van der Waals surface area (Å²) in [5.41, 5.74) is 11.5. The minimum absolute atomic E-state index is 0.0615. The van der Waals surface area contributed by atoms with Crippen molar-refractivity contribution in [1.29, 1.82) is 0 Å². The van der Waals surface area contributed by atoms with E-state index in [2.05, 4.69) is 15.3 Å². The molecule has 7 heteroatoms. The molecule has 2 rings (SSSR count). The average molecular weight is 261 g/mol. The first kappa shape index (κ1) is 12.7. The van der Waals surface area contributed by atoms with E-state index in [0.29, 0.717) is 30.4 Å². The van der Waals surface area contributed by atoms with Crippen LogP contribution in [-0.4, -0.2) is 23.1 Å². The fourth-order valence-electron chi connectivity index (χ4n) is 1.49. The molecule has 0 spiro atoms. The molecule has 0 aliphatic heterocycles. The van der Waals surface area contributed by atoms with Gasteiger partial charge < -0.3 is 26.5 Å². The molecule has 0 aliphatic rings. The van der Waals surface area contributed by atoms with Crippen LogP contribution in [0.4, 0.5) is 17.2 Å². The van der Waals surface area contributed by atoms with Crippen molar-refractivity contribution in [3.8, 4) is 5.75 Å². The van der Waals surface area contributed by atoms with Gasteiger partial charge >= 0.3 is 0 Å². The summed E-state index contributed by atoms with van der Waals surface area (Å²) in [5.74, 6) is 1.04. The largest absolute Gasteiger partial charge is 0.492 e. The molecule has 7 nitrogen and oxygen atoms in total. The van der Waals surface area contributed by atoms with E-state index in [9.17, 15) is 4.79 Å². The SMILES string of the molecule is Nc1cccc(OCCNc2nc[nH]c(=O)c2N)c1. The molecule has 0 aliphatic carbocycles. The van der Waals surface area contributed by atoms with Crippen LogP contribution < -0.4 is 27.1 Å². The van der Waals surface area contributed by atoms with E-state index in [1.165, 1.54) is 6.33 Å². The van der Waals surface area contributed by atoms with Gasteiger partial charge in [0.25, 0.3) is 5.56 Å². The highest BCUT2D eigenvalue weighted by molar-refractivity contribution is 5.58. The molecule has 0 atom stereocenters.